The third kappa shape index (κ3) is 7.69. The van der Waals surface area contributed by atoms with Gasteiger partial charge in [0, 0.05) is 65.0 Å². The van der Waals surface area contributed by atoms with Crippen LogP contribution in [-0.4, -0.2) is 88.2 Å². The predicted octanol–water partition coefficient (Wildman–Crippen LogP) is 2.61. The molecule has 0 aliphatic carbocycles. The smallest absolute Gasteiger partial charge is 0.193 e. The number of hydrogen-bond acceptors (Lipinski definition) is 5. The summed E-state index contributed by atoms with van der Waals surface area (Å²) in [5, 5.41) is 3.62. The molecule has 2 rings (SSSR count). The van der Waals surface area contributed by atoms with Gasteiger partial charge in [-0.3, -0.25) is 4.99 Å². The molecule has 0 aromatic rings. The number of aliphatic imine (C=N–C) groups is 1. The fraction of sp³-hybridized carbons (Fsp3) is 0.944. The maximum Gasteiger partial charge on any atom is 0.193 e. The lowest BCUT2D eigenvalue weighted by Crippen LogP contribution is -2.51. The molecule has 154 valence electrons. The summed E-state index contributed by atoms with van der Waals surface area (Å²) in [5.74, 6) is 1.03. The zero-order chi connectivity index (χ0) is 18.0. The topological polar surface area (TPSA) is 55.3 Å². The monoisotopic (exact) mass is 501 g/mol. The Hall–Kier alpha value is 0.230. The molecule has 26 heavy (non-hydrogen) atoms. The van der Waals surface area contributed by atoms with Gasteiger partial charge in [0.25, 0.3) is 0 Å². The molecule has 2 fully saturated rings. The molecule has 0 amide bonds. The van der Waals surface area contributed by atoms with E-state index in [1.807, 2.05) is 18.8 Å². The van der Waals surface area contributed by atoms with Crippen molar-refractivity contribution in [3.05, 3.63) is 0 Å². The second-order valence-corrected chi connectivity index (χ2v) is 8.08. The van der Waals surface area contributed by atoms with E-state index in [0.717, 1.165) is 84.1 Å². The van der Waals surface area contributed by atoms with Crippen LogP contribution in [0.4, 0.5) is 0 Å². The van der Waals surface area contributed by atoms with Crippen LogP contribution in [0.25, 0.3) is 0 Å². The molecule has 0 unspecified atom stereocenters. The second kappa shape index (κ2) is 13.4. The van der Waals surface area contributed by atoms with Crippen molar-refractivity contribution in [2.45, 2.75) is 43.0 Å². The van der Waals surface area contributed by atoms with Crippen molar-refractivity contribution in [2.24, 2.45) is 4.99 Å². The number of hydrogen-bond donors (Lipinski definition) is 1. The molecular formula is C18H36IN3O3S. The number of piperidine rings is 1. The number of nitrogens with zero attached hydrogens (tertiary/aromatic N) is 2. The molecular weight excluding hydrogens is 465 g/mol. The van der Waals surface area contributed by atoms with Crippen molar-refractivity contribution in [2.75, 3.05) is 66.5 Å². The van der Waals surface area contributed by atoms with Gasteiger partial charge in [-0.05, 0) is 38.4 Å². The van der Waals surface area contributed by atoms with E-state index in [1.165, 1.54) is 0 Å². The summed E-state index contributed by atoms with van der Waals surface area (Å²) < 4.78 is 16.8. The lowest BCUT2D eigenvalue weighted by atomic mass is 9.99. The molecule has 2 aliphatic heterocycles. The molecule has 0 aromatic heterocycles. The SMILES string of the molecule is CN=C(NCC1(SC)CCOCC1)N1CCC(OCCCOC)CC1.I. The van der Waals surface area contributed by atoms with Crippen molar-refractivity contribution >= 4 is 41.7 Å². The van der Waals surface area contributed by atoms with Crippen LogP contribution in [0.15, 0.2) is 4.99 Å². The predicted molar refractivity (Wildman–Crippen MR) is 120 cm³/mol. The van der Waals surface area contributed by atoms with Gasteiger partial charge in [0.1, 0.15) is 0 Å². The highest BCUT2D eigenvalue weighted by atomic mass is 127. The Morgan fingerprint density at radius 1 is 1.27 bits per heavy atom. The maximum atomic E-state index is 5.95. The summed E-state index contributed by atoms with van der Waals surface area (Å²) >= 11 is 1.96. The number of thioether (sulfide) groups is 1. The van der Waals surface area contributed by atoms with Crippen LogP contribution in [0.3, 0.4) is 0 Å². The first-order valence-corrected chi connectivity index (χ1v) is 10.6. The first kappa shape index (κ1) is 24.3. The largest absolute Gasteiger partial charge is 0.385 e. The van der Waals surface area contributed by atoms with Crippen molar-refractivity contribution < 1.29 is 14.2 Å². The number of nitrogens with one attached hydrogen (secondary N) is 1. The summed E-state index contributed by atoms with van der Waals surface area (Å²) in [6, 6.07) is 0. The molecule has 6 nitrogen and oxygen atoms in total. The van der Waals surface area contributed by atoms with E-state index < -0.39 is 0 Å². The van der Waals surface area contributed by atoms with Gasteiger partial charge in [-0.2, -0.15) is 11.8 Å². The van der Waals surface area contributed by atoms with E-state index in [1.54, 1.807) is 7.11 Å². The maximum absolute atomic E-state index is 5.95. The van der Waals surface area contributed by atoms with Gasteiger partial charge in [-0.25, -0.2) is 0 Å². The number of halogens is 1. The van der Waals surface area contributed by atoms with Crippen LogP contribution in [-0.2, 0) is 14.2 Å². The summed E-state index contributed by atoms with van der Waals surface area (Å²) in [6.07, 6.45) is 7.90. The molecule has 2 saturated heterocycles. The van der Waals surface area contributed by atoms with Crippen LogP contribution >= 0.6 is 35.7 Å². The average molecular weight is 501 g/mol. The molecule has 2 heterocycles. The van der Waals surface area contributed by atoms with Crippen LogP contribution in [0.2, 0.25) is 0 Å². The highest BCUT2D eigenvalue weighted by molar-refractivity contribution is 14.0. The first-order valence-electron chi connectivity index (χ1n) is 9.42. The number of guanidine groups is 1. The molecule has 0 spiro atoms. The van der Waals surface area contributed by atoms with Crippen molar-refractivity contribution in [1.82, 2.24) is 10.2 Å². The minimum atomic E-state index is 0. The molecule has 0 radical (unpaired) electrons. The zero-order valence-corrected chi connectivity index (χ0v) is 19.6. The van der Waals surface area contributed by atoms with E-state index in [0.29, 0.717) is 6.10 Å². The zero-order valence-electron chi connectivity index (χ0n) is 16.5. The lowest BCUT2D eigenvalue weighted by molar-refractivity contribution is 0.00983. The van der Waals surface area contributed by atoms with Crippen molar-refractivity contribution in [3.63, 3.8) is 0 Å². The van der Waals surface area contributed by atoms with Crippen LogP contribution in [0.5, 0.6) is 0 Å². The van der Waals surface area contributed by atoms with Gasteiger partial charge in [0.2, 0.25) is 0 Å². The third-order valence-corrected chi connectivity index (χ3v) is 6.62. The van der Waals surface area contributed by atoms with E-state index in [4.69, 9.17) is 14.2 Å². The minimum Gasteiger partial charge on any atom is -0.385 e. The minimum absolute atomic E-state index is 0. The molecule has 8 heteroatoms. The summed E-state index contributed by atoms with van der Waals surface area (Å²) in [4.78, 5) is 6.87. The molecule has 0 bridgehead atoms. The molecule has 0 aromatic carbocycles. The molecule has 2 aliphatic rings. The fourth-order valence-electron chi connectivity index (χ4n) is 3.46. The van der Waals surface area contributed by atoms with Crippen molar-refractivity contribution in [1.29, 1.82) is 0 Å². The molecule has 1 N–H and O–H groups in total. The Bertz CT molecular complexity index is 401. The quantitative estimate of drug-likeness (QED) is 0.239. The van der Waals surface area contributed by atoms with E-state index >= 15 is 0 Å². The van der Waals surface area contributed by atoms with Gasteiger partial charge in [-0.15, -0.1) is 24.0 Å². The number of rotatable bonds is 8. The van der Waals surface area contributed by atoms with Crippen LogP contribution in [0, 0.1) is 0 Å². The number of methoxy groups -OCH3 is 1. The standard InChI is InChI=1S/C18H35N3O3S.HI/c1-19-17(20-15-18(25-3)7-13-23-14-8-18)21-9-5-16(6-10-21)24-12-4-11-22-2;/h16H,4-15H2,1-3H3,(H,19,20);1H. The van der Waals surface area contributed by atoms with E-state index in [-0.39, 0.29) is 28.7 Å². The summed E-state index contributed by atoms with van der Waals surface area (Å²) in [5.41, 5.74) is 0. The van der Waals surface area contributed by atoms with Gasteiger partial charge < -0.3 is 24.4 Å². The Kier molecular flexibility index (Phi) is 12.5. The Balaban J connectivity index is 0.00000338. The van der Waals surface area contributed by atoms with Crippen molar-refractivity contribution in [3.8, 4) is 0 Å². The van der Waals surface area contributed by atoms with Gasteiger partial charge in [0.05, 0.1) is 6.10 Å². The number of ether oxygens (including phenoxy) is 3. The second-order valence-electron chi connectivity index (χ2n) is 6.80. The normalized spacial score (nSPS) is 21.3. The Labute approximate surface area is 180 Å². The van der Waals surface area contributed by atoms with E-state index in [2.05, 4.69) is 21.5 Å². The first-order chi connectivity index (χ1) is 12.2. The highest BCUT2D eigenvalue weighted by Crippen LogP contribution is 2.33. The number of likely N-dealkylation sites (tertiary alicyclic amines) is 1. The third-order valence-electron chi connectivity index (χ3n) is 5.21. The lowest BCUT2D eigenvalue weighted by Gasteiger charge is -2.38. The Morgan fingerprint density at radius 2 is 1.96 bits per heavy atom. The van der Waals surface area contributed by atoms with Crippen LogP contribution < -0.4 is 5.32 Å². The van der Waals surface area contributed by atoms with E-state index in [9.17, 15) is 0 Å². The average Bonchev–Trinajstić information content (AvgIpc) is 2.67. The summed E-state index contributed by atoms with van der Waals surface area (Å²) in [6.45, 7) is 6.27. The van der Waals surface area contributed by atoms with Crippen LogP contribution in [0.1, 0.15) is 32.1 Å². The summed E-state index contributed by atoms with van der Waals surface area (Å²) in [7, 11) is 3.62. The van der Waals surface area contributed by atoms with Gasteiger partial charge in [0.15, 0.2) is 5.96 Å². The fourth-order valence-corrected chi connectivity index (χ4v) is 4.25. The molecule has 0 saturated carbocycles. The highest BCUT2D eigenvalue weighted by Gasteiger charge is 2.32. The van der Waals surface area contributed by atoms with Gasteiger partial charge in [-0.1, -0.05) is 0 Å². The Morgan fingerprint density at radius 3 is 2.54 bits per heavy atom. The van der Waals surface area contributed by atoms with Gasteiger partial charge >= 0.3 is 0 Å². The molecule has 0 atom stereocenters.